The van der Waals surface area contributed by atoms with Crippen LogP contribution in [0.5, 0.6) is 0 Å². The highest BCUT2D eigenvalue weighted by atomic mass is 79.9. The number of nitro benzene ring substituents is 2. The van der Waals surface area contributed by atoms with E-state index < -0.39 is 9.85 Å². The topological polar surface area (TPSA) is 111 Å². The smallest absolute Gasteiger partial charge is 0.300 e. The number of nitrogens with zero attached hydrogens (tertiary/aromatic N) is 3. The monoisotopic (exact) mass is 392 g/mol. The maximum absolute atomic E-state index is 11.1. The molecule has 11 heteroatoms. The van der Waals surface area contributed by atoms with E-state index in [1.54, 1.807) is 6.20 Å². The molecule has 0 atom stereocenters. The van der Waals surface area contributed by atoms with Gasteiger partial charge in [0.15, 0.2) is 4.47 Å². The molecule has 1 heterocycles. The highest BCUT2D eigenvalue weighted by Crippen LogP contribution is 2.37. The van der Waals surface area contributed by atoms with Crippen molar-refractivity contribution in [1.82, 2.24) is 4.98 Å². The summed E-state index contributed by atoms with van der Waals surface area (Å²) in [6.07, 6.45) is 1.55. The Balaban J connectivity index is 2.33. The molecule has 8 nitrogen and oxygen atoms in total. The number of aromatic nitrogens is 1. The number of non-ortho nitro benzene ring substituents is 1. The molecule has 0 aliphatic rings. The second kappa shape index (κ2) is 6.33. The van der Waals surface area contributed by atoms with Crippen LogP contribution in [0.2, 0.25) is 4.47 Å². The molecule has 110 valence electrons. The van der Waals surface area contributed by atoms with Gasteiger partial charge in [0.25, 0.3) is 11.4 Å². The molecule has 0 aliphatic heterocycles. The Morgan fingerprint density at radius 2 is 2.05 bits per heavy atom. The average Bonchev–Trinajstić information content (AvgIpc) is 2.82. The minimum absolute atomic E-state index is 0.162. The molecular formula is C10H6BrClN4O4S. The first-order valence-corrected chi connectivity index (χ1v) is 7.33. The van der Waals surface area contributed by atoms with Crippen LogP contribution in [0.15, 0.2) is 22.8 Å². The number of rotatable bonds is 5. The molecule has 0 fully saturated rings. The van der Waals surface area contributed by atoms with Crippen molar-refractivity contribution in [3.63, 3.8) is 0 Å². The quantitative estimate of drug-likeness (QED) is 0.607. The minimum atomic E-state index is -0.690. The van der Waals surface area contributed by atoms with Crippen molar-refractivity contribution in [2.24, 2.45) is 0 Å². The van der Waals surface area contributed by atoms with E-state index in [2.05, 4.69) is 26.2 Å². The van der Waals surface area contributed by atoms with Crippen LogP contribution in [0.25, 0.3) is 0 Å². The van der Waals surface area contributed by atoms with Gasteiger partial charge < -0.3 is 5.32 Å². The predicted octanol–water partition coefficient (Wildman–Crippen LogP) is 3.99. The molecule has 2 rings (SSSR count). The lowest BCUT2D eigenvalue weighted by Crippen LogP contribution is -2.03. The fourth-order valence-electron chi connectivity index (χ4n) is 1.54. The van der Waals surface area contributed by atoms with Crippen molar-refractivity contribution < 1.29 is 9.85 Å². The molecule has 0 amide bonds. The van der Waals surface area contributed by atoms with Crippen molar-refractivity contribution in [2.45, 2.75) is 6.54 Å². The Hall–Kier alpha value is -1.78. The van der Waals surface area contributed by atoms with Crippen LogP contribution >= 0.6 is 38.9 Å². The Kier molecular flexibility index (Phi) is 4.70. The van der Waals surface area contributed by atoms with Crippen LogP contribution in [0, 0.1) is 20.2 Å². The third kappa shape index (κ3) is 3.65. The Bertz CT molecular complexity index is 723. The van der Waals surface area contributed by atoms with Gasteiger partial charge in [-0.1, -0.05) is 11.6 Å². The number of nitrogens with one attached hydrogen (secondary N) is 1. The lowest BCUT2D eigenvalue weighted by Gasteiger charge is -2.08. The number of hydrogen-bond donors (Lipinski definition) is 1. The molecule has 0 unspecified atom stereocenters. The van der Waals surface area contributed by atoms with Crippen molar-refractivity contribution in [3.8, 4) is 0 Å². The maximum Gasteiger partial charge on any atom is 0.300 e. The molecule has 1 aromatic heterocycles. The number of benzene rings is 1. The fraction of sp³-hybridized carbons (Fsp3) is 0.100. The maximum atomic E-state index is 11.1. The third-order valence-corrected chi connectivity index (χ3v) is 4.17. The van der Waals surface area contributed by atoms with Crippen molar-refractivity contribution in [3.05, 3.63) is 52.4 Å². The zero-order valence-electron chi connectivity index (χ0n) is 10.1. The molecule has 0 radical (unpaired) electrons. The van der Waals surface area contributed by atoms with E-state index in [4.69, 9.17) is 11.6 Å². The Morgan fingerprint density at radius 3 is 2.57 bits per heavy atom. The number of nitro groups is 2. The lowest BCUT2D eigenvalue weighted by atomic mass is 10.2. The van der Waals surface area contributed by atoms with Crippen LogP contribution in [0.3, 0.4) is 0 Å². The minimum Gasteiger partial charge on any atom is -0.374 e. The molecule has 1 N–H and O–H groups in total. The van der Waals surface area contributed by atoms with E-state index in [0.717, 1.165) is 10.9 Å². The first kappa shape index (κ1) is 15.6. The summed E-state index contributed by atoms with van der Waals surface area (Å²) in [6, 6.07) is 2.11. The fourth-order valence-corrected chi connectivity index (χ4v) is 3.04. The molecule has 0 saturated heterocycles. The van der Waals surface area contributed by atoms with Gasteiger partial charge >= 0.3 is 0 Å². The van der Waals surface area contributed by atoms with Crippen LogP contribution in [-0.2, 0) is 6.54 Å². The molecule has 1 aromatic carbocycles. The second-order valence-corrected chi connectivity index (χ2v) is 6.32. The van der Waals surface area contributed by atoms with E-state index in [0.29, 0.717) is 4.47 Å². The van der Waals surface area contributed by atoms with Gasteiger partial charge in [-0.2, -0.15) is 0 Å². The van der Waals surface area contributed by atoms with Crippen LogP contribution in [0.1, 0.15) is 4.88 Å². The van der Waals surface area contributed by atoms with Crippen molar-refractivity contribution in [2.75, 3.05) is 5.32 Å². The molecular weight excluding hydrogens is 388 g/mol. The van der Waals surface area contributed by atoms with Crippen molar-refractivity contribution in [1.29, 1.82) is 0 Å². The van der Waals surface area contributed by atoms with E-state index >= 15 is 0 Å². The summed E-state index contributed by atoms with van der Waals surface area (Å²) in [5.41, 5.74) is -0.582. The van der Waals surface area contributed by atoms with E-state index in [9.17, 15) is 20.2 Å². The van der Waals surface area contributed by atoms with Gasteiger partial charge in [0.1, 0.15) is 5.69 Å². The standard InChI is InChI=1S/C10H6BrClN4O4S/c11-7-1-5(15(17)18)2-8(16(19)20)9(7)13-3-6-4-14-10(12)21-6/h1-2,4,13H,3H2. The van der Waals surface area contributed by atoms with Crippen LogP contribution < -0.4 is 5.32 Å². The van der Waals surface area contributed by atoms with Crippen LogP contribution in [0.4, 0.5) is 17.1 Å². The molecule has 0 saturated carbocycles. The molecule has 0 bridgehead atoms. The summed E-state index contributed by atoms with van der Waals surface area (Å²) in [6.45, 7) is 0.266. The van der Waals surface area contributed by atoms with Gasteiger partial charge in [0.2, 0.25) is 0 Å². The summed E-state index contributed by atoms with van der Waals surface area (Å²) in [5, 5.41) is 24.7. The Morgan fingerprint density at radius 1 is 1.33 bits per heavy atom. The first-order chi connectivity index (χ1) is 9.88. The summed E-state index contributed by atoms with van der Waals surface area (Å²) >= 11 is 10.0. The van der Waals surface area contributed by atoms with Gasteiger partial charge in [-0.25, -0.2) is 4.98 Å². The van der Waals surface area contributed by atoms with Gasteiger partial charge in [0.05, 0.1) is 26.9 Å². The summed E-state index contributed by atoms with van der Waals surface area (Å²) in [4.78, 5) is 25.1. The van der Waals surface area contributed by atoms with Gasteiger partial charge in [0, 0.05) is 17.1 Å². The van der Waals surface area contributed by atoms with E-state index in [-0.39, 0.29) is 28.1 Å². The number of thiazole rings is 1. The van der Waals surface area contributed by atoms with Crippen molar-refractivity contribution >= 4 is 55.9 Å². The van der Waals surface area contributed by atoms with Crippen LogP contribution in [-0.4, -0.2) is 14.8 Å². The summed E-state index contributed by atoms with van der Waals surface area (Å²) in [7, 11) is 0. The normalized spacial score (nSPS) is 10.4. The average molecular weight is 394 g/mol. The van der Waals surface area contributed by atoms with Gasteiger partial charge in [-0.3, -0.25) is 20.2 Å². The number of anilines is 1. The lowest BCUT2D eigenvalue weighted by molar-refractivity contribution is -0.393. The first-order valence-electron chi connectivity index (χ1n) is 5.35. The summed E-state index contributed by atoms with van der Waals surface area (Å²) in [5.74, 6) is 0. The summed E-state index contributed by atoms with van der Waals surface area (Å²) < 4.78 is 0.600. The van der Waals surface area contributed by atoms with E-state index in [1.807, 2.05) is 0 Å². The third-order valence-electron chi connectivity index (χ3n) is 2.43. The molecule has 21 heavy (non-hydrogen) atoms. The molecule has 2 aromatic rings. The Labute approximate surface area is 135 Å². The highest BCUT2D eigenvalue weighted by Gasteiger charge is 2.23. The molecule has 0 aliphatic carbocycles. The second-order valence-electron chi connectivity index (χ2n) is 3.77. The zero-order valence-corrected chi connectivity index (χ0v) is 13.2. The largest absolute Gasteiger partial charge is 0.374 e. The SMILES string of the molecule is O=[N+]([O-])c1cc(Br)c(NCc2cnc(Cl)s2)c([N+](=O)[O-])c1. The van der Waals surface area contributed by atoms with E-state index in [1.165, 1.54) is 17.4 Å². The zero-order chi connectivity index (χ0) is 15.6. The predicted molar refractivity (Wildman–Crippen MR) is 81.9 cm³/mol. The highest BCUT2D eigenvalue weighted by molar-refractivity contribution is 9.10. The number of hydrogen-bond acceptors (Lipinski definition) is 7. The van der Waals surface area contributed by atoms with Gasteiger partial charge in [-0.15, -0.1) is 11.3 Å². The van der Waals surface area contributed by atoms with Gasteiger partial charge in [-0.05, 0) is 15.9 Å². The molecule has 0 spiro atoms. The number of halogens is 2.